The first-order valence-corrected chi connectivity index (χ1v) is 16.5. The van der Waals surface area contributed by atoms with Gasteiger partial charge in [-0.2, -0.15) is 0 Å². The van der Waals surface area contributed by atoms with Crippen molar-refractivity contribution in [2.45, 2.75) is 57.7 Å². The predicted octanol–water partition coefficient (Wildman–Crippen LogP) is 8.92. The Hall–Kier alpha value is -2.17. The van der Waals surface area contributed by atoms with Crippen molar-refractivity contribution in [3.05, 3.63) is 90.8 Å². The number of ether oxygens (including phenoxy) is 2. The smallest absolute Gasteiger partial charge is 0.262 e. The Balaban J connectivity index is 1.42. The maximum atomic E-state index is 13.9. The lowest BCUT2D eigenvalue weighted by atomic mass is 9.85. The van der Waals surface area contributed by atoms with E-state index in [-0.39, 0.29) is 17.4 Å². The van der Waals surface area contributed by atoms with Gasteiger partial charge in [-0.15, -0.1) is 0 Å². The van der Waals surface area contributed by atoms with Crippen LogP contribution < -0.4 is 14.8 Å². The van der Waals surface area contributed by atoms with E-state index in [0.29, 0.717) is 24.9 Å². The fourth-order valence-electron chi connectivity index (χ4n) is 5.33. The van der Waals surface area contributed by atoms with Gasteiger partial charge in [0.1, 0.15) is 6.61 Å². The van der Waals surface area contributed by atoms with Gasteiger partial charge in [0.05, 0.1) is 15.1 Å². The lowest BCUT2D eigenvalue weighted by Crippen LogP contribution is -2.48. The van der Waals surface area contributed by atoms with Gasteiger partial charge in [-0.1, -0.05) is 77.8 Å². The summed E-state index contributed by atoms with van der Waals surface area (Å²) < 4.78 is 14.2. The van der Waals surface area contributed by atoms with Gasteiger partial charge >= 0.3 is 0 Å². The third-order valence-electron chi connectivity index (χ3n) is 7.35. The number of anilines is 1. The van der Waals surface area contributed by atoms with E-state index < -0.39 is 0 Å². The minimum absolute atomic E-state index is 0.0979. The number of hydrogen-bond acceptors (Lipinski definition) is 5. The van der Waals surface area contributed by atoms with Gasteiger partial charge in [0.2, 0.25) is 0 Å². The molecular weight excluding hydrogens is 699 g/mol. The van der Waals surface area contributed by atoms with Crippen molar-refractivity contribution < 1.29 is 14.3 Å². The summed E-state index contributed by atoms with van der Waals surface area (Å²) in [6.45, 7) is 5.22. The Labute approximate surface area is 263 Å². The number of carbonyl (C=O) groups is 1. The van der Waals surface area contributed by atoms with Crippen LogP contribution in [0.5, 0.6) is 11.5 Å². The van der Waals surface area contributed by atoms with Gasteiger partial charge in [-0.3, -0.25) is 4.79 Å². The maximum absolute atomic E-state index is 13.9. The number of benzene rings is 3. The molecule has 1 aliphatic carbocycles. The number of para-hydroxylation sites is 1. The van der Waals surface area contributed by atoms with Crippen LogP contribution in [0.3, 0.4) is 0 Å². The Morgan fingerprint density at radius 1 is 1.07 bits per heavy atom. The van der Waals surface area contributed by atoms with Gasteiger partial charge in [-0.05, 0) is 102 Å². The Morgan fingerprint density at radius 2 is 1.82 bits per heavy atom. The van der Waals surface area contributed by atoms with Crippen molar-refractivity contribution in [1.29, 1.82) is 0 Å². The van der Waals surface area contributed by atoms with Crippen LogP contribution in [0.15, 0.2) is 76.1 Å². The van der Waals surface area contributed by atoms with Crippen LogP contribution in [0.4, 0.5) is 5.69 Å². The summed E-state index contributed by atoms with van der Waals surface area (Å²) in [5.74, 6) is 1.98. The van der Waals surface area contributed by atoms with Crippen LogP contribution in [0.1, 0.15) is 50.7 Å². The molecule has 1 saturated heterocycles. The standard InChI is InChI=1S/C32H34BrIN2O3S/c1-3-38-28-18-23(17-26(34)30(28)39-20-22-13-15-24(33)16-14-22)19-29-31(37)36(27-12-8-7-9-21(27)2)32(40-29)35-25-10-5-4-6-11-25/h4-6,10-11,13-19,21,27,32,35H,3,7-9,12,20H2,1-2H3/b29-19-/t21-,27+,32?/m1/s1. The Bertz CT molecular complexity index is 1350. The molecule has 5 rings (SSSR count). The molecule has 0 spiro atoms. The zero-order valence-corrected chi connectivity index (χ0v) is 27.3. The number of nitrogens with zero attached hydrogens (tertiary/aromatic N) is 1. The fourth-order valence-corrected chi connectivity index (χ4v) is 7.59. The Morgan fingerprint density at radius 3 is 2.55 bits per heavy atom. The van der Waals surface area contributed by atoms with Crippen LogP contribution in [0.25, 0.3) is 6.08 Å². The van der Waals surface area contributed by atoms with Crippen LogP contribution in [-0.4, -0.2) is 29.0 Å². The molecule has 2 aliphatic rings. The van der Waals surface area contributed by atoms with E-state index >= 15 is 0 Å². The summed E-state index contributed by atoms with van der Waals surface area (Å²) in [5.41, 5.74) is 2.87. The molecule has 3 aromatic carbocycles. The largest absolute Gasteiger partial charge is 0.490 e. The van der Waals surface area contributed by atoms with E-state index in [1.807, 2.05) is 61.5 Å². The van der Waals surface area contributed by atoms with Crippen molar-refractivity contribution >= 4 is 68.0 Å². The summed E-state index contributed by atoms with van der Waals surface area (Å²) in [6, 6.07) is 22.5. The molecule has 0 radical (unpaired) electrons. The third-order valence-corrected chi connectivity index (χ3v) is 9.79. The number of rotatable bonds is 9. The van der Waals surface area contributed by atoms with Crippen molar-refractivity contribution in [2.75, 3.05) is 11.9 Å². The topological polar surface area (TPSA) is 50.8 Å². The first-order chi connectivity index (χ1) is 19.4. The number of carbonyl (C=O) groups excluding carboxylic acids is 1. The molecule has 5 nitrogen and oxygen atoms in total. The van der Waals surface area contributed by atoms with Gasteiger partial charge < -0.3 is 19.7 Å². The van der Waals surface area contributed by atoms with Crippen molar-refractivity contribution in [1.82, 2.24) is 4.90 Å². The maximum Gasteiger partial charge on any atom is 0.262 e. The second-order valence-electron chi connectivity index (χ2n) is 10.2. The summed E-state index contributed by atoms with van der Waals surface area (Å²) in [4.78, 5) is 16.8. The van der Waals surface area contributed by atoms with E-state index in [2.05, 4.69) is 73.9 Å². The van der Waals surface area contributed by atoms with E-state index in [0.717, 1.165) is 54.8 Å². The quantitative estimate of drug-likeness (QED) is 0.176. The highest BCUT2D eigenvalue weighted by Gasteiger charge is 2.43. The zero-order valence-electron chi connectivity index (χ0n) is 22.7. The SMILES string of the molecule is CCOc1cc(/C=C2\SC(Nc3ccccc3)N([C@H]3CCCC[C@H]3C)C2=O)cc(I)c1OCc1ccc(Br)cc1. The average Bonchev–Trinajstić information content (AvgIpc) is 3.24. The molecular formula is C32H34BrIN2O3S. The lowest BCUT2D eigenvalue weighted by Gasteiger charge is -2.39. The second-order valence-corrected chi connectivity index (χ2v) is 13.4. The minimum atomic E-state index is -0.148. The van der Waals surface area contributed by atoms with Crippen LogP contribution in [0, 0.1) is 9.49 Å². The Kier molecular flexibility index (Phi) is 10.0. The lowest BCUT2D eigenvalue weighted by molar-refractivity contribution is -0.129. The van der Waals surface area contributed by atoms with E-state index in [4.69, 9.17) is 9.47 Å². The molecule has 8 heteroatoms. The predicted molar refractivity (Wildman–Crippen MR) is 176 cm³/mol. The van der Waals surface area contributed by atoms with Gasteiger partial charge in [-0.25, -0.2) is 0 Å². The minimum Gasteiger partial charge on any atom is -0.490 e. The molecule has 1 amide bonds. The van der Waals surface area contributed by atoms with Gasteiger partial charge in [0.15, 0.2) is 17.0 Å². The monoisotopic (exact) mass is 732 g/mol. The molecule has 1 unspecified atom stereocenters. The van der Waals surface area contributed by atoms with Crippen molar-refractivity contribution in [3.63, 3.8) is 0 Å². The van der Waals surface area contributed by atoms with E-state index in [1.54, 1.807) is 11.8 Å². The molecule has 210 valence electrons. The van der Waals surface area contributed by atoms with Gasteiger partial charge in [0, 0.05) is 16.2 Å². The molecule has 2 fully saturated rings. The molecule has 1 saturated carbocycles. The summed E-state index contributed by atoms with van der Waals surface area (Å²) in [7, 11) is 0. The molecule has 0 aromatic heterocycles. The van der Waals surface area contributed by atoms with Crippen LogP contribution >= 0.6 is 50.3 Å². The fraction of sp³-hybridized carbons (Fsp3) is 0.344. The molecule has 1 heterocycles. The molecule has 1 aliphatic heterocycles. The molecule has 3 aromatic rings. The number of thioether (sulfide) groups is 1. The summed E-state index contributed by atoms with van der Waals surface area (Å²) in [5, 5.41) is 3.62. The highest BCUT2D eigenvalue weighted by atomic mass is 127. The normalized spacial score (nSPS) is 22.0. The van der Waals surface area contributed by atoms with Crippen LogP contribution in [-0.2, 0) is 11.4 Å². The van der Waals surface area contributed by atoms with Crippen molar-refractivity contribution in [3.8, 4) is 11.5 Å². The van der Waals surface area contributed by atoms with Crippen molar-refractivity contribution in [2.24, 2.45) is 5.92 Å². The summed E-state index contributed by atoms with van der Waals surface area (Å²) >= 11 is 7.38. The third kappa shape index (κ3) is 6.99. The van der Waals surface area contributed by atoms with Crippen LogP contribution in [0.2, 0.25) is 0 Å². The zero-order chi connectivity index (χ0) is 28.1. The highest BCUT2D eigenvalue weighted by Crippen LogP contribution is 2.43. The molecule has 1 N–H and O–H groups in total. The number of hydrogen-bond donors (Lipinski definition) is 1. The van der Waals surface area contributed by atoms with E-state index in [1.165, 1.54) is 6.42 Å². The number of amides is 1. The number of halogens is 2. The van der Waals surface area contributed by atoms with Gasteiger partial charge in [0.25, 0.3) is 5.91 Å². The molecule has 0 bridgehead atoms. The average molecular weight is 734 g/mol. The molecule has 3 atom stereocenters. The summed E-state index contributed by atoms with van der Waals surface area (Å²) in [6.07, 6.45) is 6.61. The first-order valence-electron chi connectivity index (χ1n) is 13.8. The second kappa shape index (κ2) is 13.7. The first kappa shape index (κ1) is 29.3. The number of nitrogens with one attached hydrogen (secondary N) is 1. The highest BCUT2D eigenvalue weighted by molar-refractivity contribution is 14.1. The molecule has 40 heavy (non-hydrogen) atoms. The van der Waals surface area contributed by atoms with E-state index in [9.17, 15) is 4.79 Å².